The number of nitrogens with two attached hydrogens (primary N) is 2. The molecule has 0 spiro atoms. The Morgan fingerprint density at radius 2 is 2.08 bits per heavy atom. The standard InChI is InChI=1S/C17H20N4O4S/c1-9-14(26-17(19)20-9)16(23)21-12-6-7-24-8-13(12)25-11-4-2-10(3-5-11)15(18)22/h2-5,12-13H,6-8H2,1H3,(H2,18,22)(H2,19,20)(H,21,23)/t12-,13-/m1/s1. The first kappa shape index (κ1) is 18.2. The molecule has 2 heterocycles. The molecule has 2 amide bonds. The van der Waals surface area contributed by atoms with Gasteiger partial charge in [-0.2, -0.15) is 0 Å². The molecule has 1 aliphatic rings. The van der Waals surface area contributed by atoms with Gasteiger partial charge in [-0.1, -0.05) is 11.3 Å². The van der Waals surface area contributed by atoms with E-state index in [4.69, 9.17) is 20.9 Å². The molecular formula is C17H20N4O4S. The van der Waals surface area contributed by atoms with E-state index >= 15 is 0 Å². The normalized spacial score (nSPS) is 19.7. The molecule has 0 unspecified atom stereocenters. The van der Waals surface area contributed by atoms with Crippen molar-refractivity contribution < 1.29 is 19.1 Å². The van der Waals surface area contributed by atoms with E-state index in [0.717, 1.165) is 11.3 Å². The van der Waals surface area contributed by atoms with Crippen LogP contribution in [0.3, 0.4) is 0 Å². The number of rotatable bonds is 5. The summed E-state index contributed by atoms with van der Waals surface area (Å²) >= 11 is 1.16. The molecule has 5 N–H and O–H groups in total. The van der Waals surface area contributed by atoms with Crippen molar-refractivity contribution in [2.24, 2.45) is 5.73 Å². The van der Waals surface area contributed by atoms with Gasteiger partial charge in [-0.3, -0.25) is 9.59 Å². The van der Waals surface area contributed by atoms with Crippen LogP contribution in [0.15, 0.2) is 24.3 Å². The highest BCUT2D eigenvalue weighted by Crippen LogP contribution is 2.22. The summed E-state index contributed by atoms with van der Waals surface area (Å²) in [6.07, 6.45) is 0.279. The number of amides is 2. The van der Waals surface area contributed by atoms with Crippen LogP contribution in [0.25, 0.3) is 0 Å². The maximum absolute atomic E-state index is 12.5. The Bertz CT molecular complexity index is 806. The second-order valence-corrected chi connectivity index (χ2v) is 6.99. The highest BCUT2D eigenvalue weighted by Gasteiger charge is 2.30. The molecule has 8 nitrogen and oxygen atoms in total. The molecule has 2 aromatic rings. The number of nitrogen functional groups attached to an aromatic ring is 1. The number of nitrogens with one attached hydrogen (secondary N) is 1. The van der Waals surface area contributed by atoms with Gasteiger partial charge in [-0.25, -0.2) is 4.98 Å². The smallest absolute Gasteiger partial charge is 0.263 e. The lowest BCUT2D eigenvalue weighted by molar-refractivity contribution is -0.0134. The van der Waals surface area contributed by atoms with Gasteiger partial charge in [0, 0.05) is 12.2 Å². The number of ether oxygens (including phenoxy) is 2. The van der Waals surface area contributed by atoms with Gasteiger partial charge in [0.1, 0.15) is 16.7 Å². The third-order valence-electron chi connectivity index (χ3n) is 4.07. The van der Waals surface area contributed by atoms with E-state index in [1.165, 1.54) is 0 Å². The zero-order valence-corrected chi connectivity index (χ0v) is 15.0. The molecule has 0 bridgehead atoms. The first-order valence-electron chi connectivity index (χ1n) is 8.12. The van der Waals surface area contributed by atoms with Gasteiger partial charge >= 0.3 is 0 Å². The summed E-state index contributed by atoms with van der Waals surface area (Å²) in [7, 11) is 0. The van der Waals surface area contributed by atoms with E-state index in [2.05, 4.69) is 10.3 Å². The number of carbonyl (C=O) groups excluding carboxylic acids is 2. The van der Waals surface area contributed by atoms with Crippen LogP contribution < -0.4 is 21.5 Å². The van der Waals surface area contributed by atoms with Crippen LogP contribution in [-0.4, -0.2) is 42.2 Å². The second kappa shape index (κ2) is 7.71. The van der Waals surface area contributed by atoms with E-state index < -0.39 is 5.91 Å². The van der Waals surface area contributed by atoms with Crippen molar-refractivity contribution in [2.75, 3.05) is 18.9 Å². The number of aromatic nitrogens is 1. The Morgan fingerprint density at radius 3 is 2.69 bits per heavy atom. The fourth-order valence-electron chi connectivity index (χ4n) is 2.73. The van der Waals surface area contributed by atoms with Crippen molar-refractivity contribution >= 4 is 28.3 Å². The highest BCUT2D eigenvalue weighted by molar-refractivity contribution is 7.17. The topological polar surface area (TPSA) is 130 Å². The van der Waals surface area contributed by atoms with Crippen molar-refractivity contribution in [3.05, 3.63) is 40.4 Å². The summed E-state index contributed by atoms with van der Waals surface area (Å²) in [5.74, 6) is -0.147. The molecular weight excluding hydrogens is 356 g/mol. The summed E-state index contributed by atoms with van der Waals surface area (Å²) < 4.78 is 11.4. The van der Waals surface area contributed by atoms with Crippen LogP contribution in [0.4, 0.5) is 5.13 Å². The zero-order chi connectivity index (χ0) is 18.7. The summed E-state index contributed by atoms with van der Waals surface area (Å²) in [4.78, 5) is 28.2. The Hall–Kier alpha value is -2.65. The van der Waals surface area contributed by atoms with E-state index in [1.807, 2.05) is 0 Å². The average Bonchev–Trinajstić information content (AvgIpc) is 2.95. The van der Waals surface area contributed by atoms with Crippen molar-refractivity contribution in [3.63, 3.8) is 0 Å². The summed E-state index contributed by atoms with van der Waals surface area (Å²) in [5.41, 5.74) is 11.9. The maximum atomic E-state index is 12.5. The van der Waals surface area contributed by atoms with Crippen molar-refractivity contribution in [1.82, 2.24) is 10.3 Å². The van der Waals surface area contributed by atoms with Crippen molar-refractivity contribution in [1.29, 1.82) is 0 Å². The molecule has 1 aromatic heterocycles. The Morgan fingerprint density at radius 1 is 1.35 bits per heavy atom. The molecule has 138 valence electrons. The number of thiazole rings is 1. The van der Waals surface area contributed by atoms with Gasteiger partial charge in [-0.15, -0.1) is 0 Å². The van der Waals surface area contributed by atoms with Crippen LogP contribution in [0.1, 0.15) is 32.1 Å². The first-order chi connectivity index (χ1) is 12.4. The van der Waals surface area contributed by atoms with Crippen LogP contribution in [-0.2, 0) is 4.74 Å². The number of primary amides is 1. The molecule has 0 aliphatic carbocycles. The number of aryl methyl sites for hydroxylation is 1. The summed E-state index contributed by atoms with van der Waals surface area (Å²) in [5, 5.41) is 3.35. The highest BCUT2D eigenvalue weighted by atomic mass is 32.1. The minimum absolute atomic E-state index is 0.213. The lowest BCUT2D eigenvalue weighted by Crippen LogP contribution is -2.51. The minimum atomic E-state index is -0.498. The van der Waals surface area contributed by atoms with Crippen LogP contribution in [0, 0.1) is 6.92 Å². The fraction of sp³-hybridized carbons (Fsp3) is 0.353. The number of benzene rings is 1. The monoisotopic (exact) mass is 376 g/mol. The Kier molecular flexibility index (Phi) is 5.38. The maximum Gasteiger partial charge on any atom is 0.263 e. The Balaban J connectivity index is 1.68. The molecule has 0 saturated carbocycles. The lowest BCUT2D eigenvalue weighted by Gasteiger charge is -2.32. The predicted molar refractivity (Wildman–Crippen MR) is 97.3 cm³/mol. The van der Waals surface area contributed by atoms with Crippen LogP contribution in [0.5, 0.6) is 5.75 Å². The SMILES string of the molecule is Cc1nc(N)sc1C(=O)N[C@@H]1CCOC[C@H]1Oc1ccc(C(N)=O)cc1. The molecule has 3 rings (SSSR count). The van der Waals surface area contributed by atoms with E-state index in [0.29, 0.717) is 46.7 Å². The molecule has 0 radical (unpaired) electrons. The second-order valence-electron chi connectivity index (χ2n) is 5.96. The molecule has 1 aromatic carbocycles. The lowest BCUT2D eigenvalue weighted by atomic mass is 10.1. The number of carbonyl (C=O) groups is 2. The molecule has 2 atom stereocenters. The van der Waals surface area contributed by atoms with E-state index in [-0.39, 0.29) is 18.1 Å². The zero-order valence-electron chi connectivity index (χ0n) is 14.2. The fourth-order valence-corrected chi connectivity index (χ4v) is 3.46. The van der Waals surface area contributed by atoms with Gasteiger partial charge in [0.05, 0.1) is 18.3 Å². The molecule has 1 aliphatic heterocycles. The van der Waals surface area contributed by atoms with Gasteiger partial charge in [0.15, 0.2) is 5.13 Å². The van der Waals surface area contributed by atoms with Gasteiger partial charge in [0.2, 0.25) is 5.91 Å². The summed E-state index contributed by atoms with van der Waals surface area (Å²) in [6.45, 7) is 2.64. The summed E-state index contributed by atoms with van der Waals surface area (Å²) in [6, 6.07) is 6.31. The number of hydrogen-bond donors (Lipinski definition) is 3. The number of hydrogen-bond acceptors (Lipinski definition) is 7. The van der Waals surface area contributed by atoms with Crippen LogP contribution >= 0.6 is 11.3 Å². The molecule has 26 heavy (non-hydrogen) atoms. The van der Waals surface area contributed by atoms with Gasteiger partial charge in [-0.05, 0) is 37.6 Å². The number of anilines is 1. The third-order valence-corrected chi connectivity index (χ3v) is 5.05. The molecule has 1 fully saturated rings. The van der Waals surface area contributed by atoms with Crippen molar-refractivity contribution in [3.8, 4) is 5.75 Å². The van der Waals surface area contributed by atoms with Crippen LogP contribution in [0.2, 0.25) is 0 Å². The average molecular weight is 376 g/mol. The predicted octanol–water partition coefficient (Wildman–Crippen LogP) is 1.10. The minimum Gasteiger partial charge on any atom is -0.486 e. The van der Waals surface area contributed by atoms with E-state index in [9.17, 15) is 9.59 Å². The first-order valence-corrected chi connectivity index (χ1v) is 8.93. The third kappa shape index (κ3) is 4.12. The van der Waals surface area contributed by atoms with E-state index in [1.54, 1.807) is 31.2 Å². The molecule has 9 heteroatoms. The van der Waals surface area contributed by atoms with Gasteiger partial charge in [0.25, 0.3) is 5.91 Å². The van der Waals surface area contributed by atoms with Crippen molar-refractivity contribution in [2.45, 2.75) is 25.5 Å². The number of nitrogens with zero attached hydrogens (tertiary/aromatic N) is 1. The molecule has 1 saturated heterocycles. The quantitative estimate of drug-likeness (QED) is 0.716. The van der Waals surface area contributed by atoms with Gasteiger partial charge < -0.3 is 26.3 Å². The largest absolute Gasteiger partial charge is 0.486 e. The Labute approximate surface area is 154 Å².